The fraction of sp³-hybridized carbons (Fsp3) is 0.533. The predicted octanol–water partition coefficient (Wildman–Crippen LogP) is 0.779. The Morgan fingerprint density at radius 3 is 2.91 bits per heavy atom. The van der Waals surface area contributed by atoms with Crippen LogP contribution in [0.15, 0.2) is 24.3 Å². The first kappa shape index (κ1) is 16.8. The maximum absolute atomic E-state index is 11.9. The van der Waals surface area contributed by atoms with Gasteiger partial charge in [-0.15, -0.1) is 0 Å². The summed E-state index contributed by atoms with van der Waals surface area (Å²) in [5.41, 5.74) is 0.863. The highest BCUT2D eigenvalue weighted by Gasteiger charge is 2.25. The van der Waals surface area contributed by atoms with E-state index in [4.69, 9.17) is 4.74 Å². The SMILES string of the molecule is COc1cccc(CC(=O)NCCN2CCCCS2(=O)=O)c1. The molecule has 1 N–H and O–H groups in total. The maximum Gasteiger partial charge on any atom is 0.224 e. The standard InChI is InChI=1S/C15H22N2O4S/c1-21-14-6-4-5-13(11-14)12-15(18)16-7-9-17-8-2-3-10-22(17,19)20/h4-6,11H,2-3,7-10,12H2,1H3,(H,16,18). The average molecular weight is 326 g/mol. The van der Waals surface area contributed by atoms with Crippen molar-refractivity contribution in [2.45, 2.75) is 19.3 Å². The minimum absolute atomic E-state index is 0.123. The van der Waals surface area contributed by atoms with Crippen molar-refractivity contribution in [3.8, 4) is 5.75 Å². The fourth-order valence-electron chi connectivity index (χ4n) is 2.44. The summed E-state index contributed by atoms with van der Waals surface area (Å²) in [5, 5.41) is 2.77. The Kier molecular flexibility index (Phi) is 5.79. The van der Waals surface area contributed by atoms with Gasteiger partial charge < -0.3 is 10.1 Å². The van der Waals surface area contributed by atoms with Gasteiger partial charge in [0, 0.05) is 19.6 Å². The second kappa shape index (κ2) is 7.60. The zero-order chi connectivity index (χ0) is 16.0. The third-order valence-electron chi connectivity index (χ3n) is 3.64. The van der Waals surface area contributed by atoms with Crippen molar-refractivity contribution in [3.63, 3.8) is 0 Å². The summed E-state index contributed by atoms with van der Waals surface area (Å²) in [6.07, 6.45) is 1.86. The van der Waals surface area contributed by atoms with Gasteiger partial charge in [-0.05, 0) is 30.5 Å². The number of carbonyl (C=O) groups excluding carboxylic acids is 1. The molecule has 1 saturated heterocycles. The van der Waals surface area contributed by atoms with Crippen molar-refractivity contribution in [3.05, 3.63) is 29.8 Å². The summed E-state index contributed by atoms with van der Waals surface area (Å²) in [6, 6.07) is 7.33. The Balaban J connectivity index is 1.78. The molecule has 0 aliphatic carbocycles. The van der Waals surface area contributed by atoms with Gasteiger partial charge in [0.15, 0.2) is 0 Å². The molecule has 0 spiro atoms. The second-order valence-corrected chi connectivity index (χ2v) is 7.39. The van der Waals surface area contributed by atoms with Gasteiger partial charge in [0.05, 0.1) is 19.3 Å². The number of carbonyl (C=O) groups is 1. The number of methoxy groups -OCH3 is 1. The molecule has 1 amide bonds. The number of amides is 1. The van der Waals surface area contributed by atoms with E-state index in [-0.39, 0.29) is 18.1 Å². The van der Waals surface area contributed by atoms with E-state index in [1.165, 1.54) is 4.31 Å². The van der Waals surface area contributed by atoms with Crippen LogP contribution in [0.25, 0.3) is 0 Å². The molecular formula is C15H22N2O4S. The molecule has 22 heavy (non-hydrogen) atoms. The fourth-order valence-corrected chi connectivity index (χ4v) is 4.05. The van der Waals surface area contributed by atoms with E-state index in [1.807, 2.05) is 24.3 Å². The van der Waals surface area contributed by atoms with Crippen molar-refractivity contribution in [2.24, 2.45) is 0 Å². The average Bonchev–Trinajstić information content (AvgIpc) is 2.49. The van der Waals surface area contributed by atoms with Gasteiger partial charge in [0.1, 0.15) is 5.75 Å². The highest BCUT2D eigenvalue weighted by Crippen LogP contribution is 2.13. The molecule has 1 aromatic rings. The van der Waals surface area contributed by atoms with E-state index in [0.29, 0.717) is 25.4 Å². The maximum atomic E-state index is 11.9. The van der Waals surface area contributed by atoms with Crippen LogP contribution in [0, 0.1) is 0 Å². The molecule has 1 fully saturated rings. The van der Waals surface area contributed by atoms with Crippen LogP contribution < -0.4 is 10.1 Å². The van der Waals surface area contributed by atoms with Gasteiger partial charge in [0.2, 0.25) is 15.9 Å². The molecule has 1 aliphatic heterocycles. The second-order valence-electron chi connectivity index (χ2n) is 5.30. The molecule has 6 nitrogen and oxygen atoms in total. The van der Waals surface area contributed by atoms with Crippen LogP contribution in [0.2, 0.25) is 0 Å². The molecule has 2 rings (SSSR count). The van der Waals surface area contributed by atoms with Crippen LogP contribution in [0.5, 0.6) is 5.75 Å². The topological polar surface area (TPSA) is 75.7 Å². The third-order valence-corrected chi connectivity index (χ3v) is 5.59. The van der Waals surface area contributed by atoms with Crippen LogP contribution >= 0.6 is 0 Å². The Labute approximate surface area is 131 Å². The van der Waals surface area contributed by atoms with Gasteiger partial charge in [-0.1, -0.05) is 12.1 Å². The van der Waals surface area contributed by atoms with Gasteiger partial charge in [-0.3, -0.25) is 4.79 Å². The summed E-state index contributed by atoms with van der Waals surface area (Å²) in [5.74, 6) is 0.803. The van der Waals surface area contributed by atoms with Crippen molar-refractivity contribution in [1.82, 2.24) is 9.62 Å². The summed E-state index contributed by atoms with van der Waals surface area (Å²) in [4.78, 5) is 11.9. The van der Waals surface area contributed by atoms with Gasteiger partial charge >= 0.3 is 0 Å². The lowest BCUT2D eigenvalue weighted by molar-refractivity contribution is -0.120. The number of rotatable bonds is 6. The quantitative estimate of drug-likeness (QED) is 0.838. The first-order valence-electron chi connectivity index (χ1n) is 7.39. The zero-order valence-electron chi connectivity index (χ0n) is 12.7. The minimum atomic E-state index is -3.12. The third kappa shape index (κ3) is 4.71. The van der Waals surface area contributed by atoms with E-state index in [9.17, 15) is 13.2 Å². The van der Waals surface area contributed by atoms with Crippen LogP contribution in [0.3, 0.4) is 0 Å². The summed E-state index contributed by atoms with van der Waals surface area (Å²) >= 11 is 0. The van der Waals surface area contributed by atoms with Crippen molar-refractivity contribution in [2.75, 3.05) is 32.5 Å². The number of hydrogen-bond donors (Lipinski definition) is 1. The van der Waals surface area contributed by atoms with Crippen LogP contribution in [0.4, 0.5) is 0 Å². The lowest BCUT2D eigenvalue weighted by atomic mass is 10.1. The lowest BCUT2D eigenvalue weighted by Crippen LogP contribution is -2.42. The molecule has 7 heteroatoms. The molecule has 0 saturated carbocycles. The Hall–Kier alpha value is -1.60. The molecular weight excluding hydrogens is 304 g/mol. The van der Waals surface area contributed by atoms with Crippen LogP contribution in [0.1, 0.15) is 18.4 Å². The number of benzene rings is 1. The van der Waals surface area contributed by atoms with Crippen LogP contribution in [-0.4, -0.2) is 51.1 Å². The Morgan fingerprint density at radius 1 is 1.36 bits per heavy atom. The van der Waals surface area contributed by atoms with Crippen molar-refractivity contribution < 1.29 is 17.9 Å². The molecule has 0 aromatic heterocycles. The van der Waals surface area contributed by atoms with Gasteiger partial charge in [0.25, 0.3) is 0 Å². The van der Waals surface area contributed by atoms with E-state index in [2.05, 4.69) is 5.32 Å². The number of nitrogens with one attached hydrogen (secondary N) is 1. The number of hydrogen-bond acceptors (Lipinski definition) is 4. The van der Waals surface area contributed by atoms with Crippen molar-refractivity contribution >= 4 is 15.9 Å². The van der Waals surface area contributed by atoms with E-state index < -0.39 is 10.0 Å². The zero-order valence-corrected chi connectivity index (χ0v) is 13.6. The monoisotopic (exact) mass is 326 g/mol. The first-order valence-corrected chi connectivity index (χ1v) is 8.99. The molecule has 122 valence electrons. The summed E-state index contributed by atoms with van der Waals surface area (Å²) in [6.45, 7) is 1.22. The molecule has 1 aromatic carbocycles. The van der Waals surface area contributed by atoms with Crippen LogP contribution in [-0.2, 0) is 21.2 Å². The minimum Gasteiger partial charge on any atom is -0.497 e. The largest absolute Gasteiger partial charge is 0.497 e. The Bertz CT molecular complexity index is 616. The molecule has 0 radical (unpaired) electrons. The molecule has 0 unspecified atom stereocenters. The lowest BCUT2D eigenvalue weighted by Gasteiger charge is -2.26. The summed E-state index contributed by atoms with van der Waals surface area (Å²) < 4.78 is 30.2. The van der Waals surface area contributed by atoms with E-state index in [0.717, 1.165) is 18.4 Å². The Morgan fingerprint density at radius 2 is 2.18 bits per heavy atom. The van der Waals surface area contributed by atoms with E-state index >= 15 is 0 Å². The predicted molar refractivity (Wildman–Crippen MR) is 84.3 cm³/mol. The summed E-state index contributed by atoms with van der Waals surface area (Å²) in [7, 11) is -1.54. The molecule has 0 atom stereocenters. The number of nitrogens with zero attached hydrogens (tertiary/aromatic N) is 1. The highest BCUT2D eigenvalue weighted by molar-refractivity contribution is 7.89. The number of sulfonamides is 1. The number of ether oxygens (including phenoxy) is 1. The molecule has 0 bridgehead atoms. The normalized spacial score (nSPS) is 17.9. The van der Waals surface area contributed by atoms with E-state index in [1.54, 1.807) is 7.11 Å². The molecule has 1 aliphatic rings. The first-order chi connectivity index (χ1) is 10.5. The highest BCUT2D eigenvalue weighted by atomic mass is 32.2. The van der Waals surface area contributed by atoms with Gasteiger partial charge in [-0.2, -0.15) is 0 Å². The molecule has 1 heterocycles. The smallest absolute Gasteiger partial charge is 0.224 e. The van der Waals surface area contributed by atoms with Crippen molar-refractivity contribution in [1.29, 1.82) is 0 Å². The van der Waals surface area contributed by atoms with Gasteiger partial charge in [-0.25, -0.2) is 12.7 Å².